The summed E-state index contributed by atoms with van der Waals surface area (Å²) >= 11 is 0. The highest BCUT2D eigenvalue weighted by Crippen LogP contribution is 2.36. The molecule has 1 amide bonds. The molecule has 2 atom stereocenters. The van der Waals surface area contributed by atoms with Crippen molar-refractivity contribution in [2.75, 3.05) is 6.54 Å². The summed E-state index contributed by atoms with van der Waals surface area (Å²) in [5.41, 5.74) is 1.13. The molecule has 1 aliphatic rings. The Labute approximate surface area is 113 Å². The van der Waals surface area contributed by atoms with Crippen molar-refractivity contribution in [2.24, 2.45) is 0 Å². The van der Waals surface area contributed by atoms with Gasteiger partial charge in [0, 0.05) is 31.3 Å². The molecule has 1 aliphatic heterocycles. The maximum absolute atomic E-state index is 12.0. The second-order valence-corrected chi connectivity index (χ2v) is 4.90. The molecule has 1 saturated heterocycles. The Bertz CT molecular complexity index is 458. The van der Waals surface area contributed by atoms with Crippen molar-refractivity contribution in [3.05, 3.63) is 35.9 Å². The maximum atomic E-state index is 12.0. The Morgan fingerprint density at radius 3 is 2.63 bits per heavy atom. The summed E-state index contributed by atoms with van der Waals surface area (Å²) in [5.74, 6) is -0.554. The molecular formula is C15H19NO3. The molecule has 19 heavy (non-hydrogen) atoms. The lowest BCUT2D eigenvalue weighted by molar-refractivity contribution is -0.138. The quantitative estimate of drug-likeness (QED) is 0.884. The first-order chi connectivity index (χ1) is 9.13. The minimum atomic E-state index is -0.804. The van der Waals surface area contributed by atoms with Crippen molar-refractivity contribution in [3.8, 4) is 0 Å². The zero-order valence-electron chi connectivity index (χ0n) is 11.1. The zero-order chi connectivity index (χ0) is 13.8. The minimum Gasteiger partial charge on any atom is -0.481 e. The third-order valence-electron chi connectivity index (χ3n) is 3.80. The number of hydrogen-bond donors (Lipinski definition) is 1. The molecule has 4 heteroatoms. The van der Waals surface area contributed by atoms with Crippen LogP contribution >= 0.6 is 0 Å². The molecule has 1 fully saturated rings. The van der Waals surface area contributed by atoms with Crippen molar-refractivity contribution in [1.29, 1.82) is 0 Å². The van der Waals surface area contributed by atoms with Gasteiger partial charge in [-0.25, -0.2) is 0 Å². The summed E-state index contributed by atoms with van der Waals surface area (Å²) in [6.07, 6.45) is 1.12. The standard InChI is InChI=1S/C15H19NO3/c1-2-16-13(8-9-15(18)19)12(10-14(16)17)11-6-4-3-5-7-11/h3-7,12-13H,2,8-10H2,1H3,(H,18,19). The van der Waals surface area contributed by atoms with Gasteiger partial charge < -0.3 is 10.0 Å². The SMILES string of the molecule is CCN1C(=O)CC(c2ccccc2)C1CCC(=O)O. The summed E-state index contributed by atoms with van der Waals surface area (Å²) < 4.78 is 0. The van der Waals surface area contributed by atoms with E-state index in [2.05, 4.69) is 0 Å². The molecular weight excluding hydrogens is 242 g/mol. The number of likely N-dealkylation sites (N-methyl/N-ethyl adjacent to an activating group) is 1. The van der Waals surface area contributed by atoms with Crippen LogP contribution in [-0.4, -0.2) is 34.5 Å². The number of benzene rings is 1. The van der Waals surface area contributed by atoms with Crippen LogP contribution in [0.5, 0.6) is 0 Å². The molecule has 2 unspecified atom stereocenters. The number of rotatable bonds is 5. The van der Waals surface area contributed by atoms with E-state index in [1.165, 1.54) is 0 Å². The number of carboxylic acids is 1. The molecule has 0 aromatic heterocycles. The van der Waals surface area contributed by atoms with E-state index in [0.717, 1.165) is 5.56 Å². The molecule has 1 heterocycles. The van der Waals surface area contributed by atoms with Crippen molar-refractivity contribution in [2.45, 2.75) is 38.1 Å². The van der Waals surface area contributed by atoms with Crippen LogP contribution in [-0.2, 0) is 9.59 Å². The monoisotopic (exact) mass is 261 g/mol. The average Bonchev–Trinajstić information content (AvgIpc) is 2.73. The molecule has 0 aliphatic carbocycles. The summed E-state index contributed by atoms with van der Waals surface area (Å²) in [5, 5.41) is 8.85. The summed E-state index contributed by atoms with van der Waals surface area (Å²) in [7, 11) is 0. The van der Waals surface area contributed by atoms with Gasteiger partial charge in [-0.2, -0.15) is 0 Å². The molecule has 0 radical (unpaired) electrons. The molecule has 4 nitrogen and oxygen atoms in total. The highest BCUT2D eigenvalue weighted by molar-refractivity contribution is 5.80. The Kier molecular flexibility index (Phi) is 4.20. The highest BCUT2D eigenvalue weighted by Gasteiger charge is 2.39. The summed E-state index contributed by atoms with van der Waals surface area (Å²) in [6.45, 7) is 2.59. The van der Waals surface area contributed by atoms with Gasteiger partial charge in [-0.1, -0.05) is 30.3 Å². The maximum Gasteiger partial charge on any atom is 0.303 e. The highest BCUT2D eigenvalue weighted by atomic mass is 16.4. The van der Waals surface area contributed by atoms with Gasteiger partial charge in [0.2, 0.25) is 5.91 Å². The topological polar surface area (TPSA) is 57.6 Å². The van der Waals surface area contributed by atoms with Crippen LogP contribution in [0.3, 0.4) is 0 Å². The number of carboxylic acid groups (broad SMARTS) is 1. The van der Waals surface area contributed by atoms with E-state index >= 15 is 0 Å². The van der Waals surface area contributed by atoms with Gasteiger partial charge in [0.05, 0.1) is 0 Å². The van der Waals surface area contributed by atoms with Gasteiger partial charge in [0.1, 0.15) is 0 Å². The molecule has 0 bridgehead atoms. The molecule has 0 saturated carbocycles. The fraction of sp³-hybridized carbons (Fsp3) is 0.467. The molecule has 0 spiro atoms. The first-order valence-corrected chi connectivity index (χ1v) is 6.69. The second kappa shape index (κ2) is 5.87. The van der Waals surface area contributed by atoms with Crippen LogP contribution in [0.15, 0.2) is 30.3 Å². The Hall–Kier alpha value is -1.84. The van der Waals surface area contributed by atoms with E-state index in [4.69, 9.17) is 5.11 Å². The Balaban J connectivity index is 2.20. The van der Waals surface area contributed by atoms with E-state index in [0.29, 0.717) is 19.4 Å². The molecule has 2 rings (SSSR count). The van der Waals surface area contributed by atoms with Crippen LogP contribution in [0.25, 0.3) is 0 Å². The van der Waals surface area contributed by atoms with Gasteiger partial charge in [0.25, 0.3) is 0 Å². The molecule has 1 N–H and O–H groups in total. The molecule has 1 aromatic rings. The van der Waals surface area contributed by atoms with Gasteiger partial charge in [0.15, 0.2) is 0 Å². The number of amides is 1. The van der Waals surface area contributed by atoms with Crippen LogP contribution in [0.1, 0.15) is 37.7 Å². The fourth-order valence-electron chi connectivity index (χ4n) is 2.92. The lowest BCUT2D eigenvalue weighted by atomic mass is 9.89. The number of carbonyl (C=O) groups excluding carboxylic acids is 1. The van der Waals surface area contributed by atoms with E-state index < -0.39 is 5.97 Å². The third kappa shape index (κ3) is 2.95. The fourth-order valence-corrected chi connectivity index (χ4v) is 2.92. The third-order valence-corrected chi connectivity index (χ3v) is 3.80. The van der Waals surface area contributed by atoms with Crippen LogP contribution in [0.2, 0.25) is 0 Å². The van der Waals surface area contributed by atoms with Crippen molar-refractivity contribution in [3.63, 3.8) is 0 Å². The first-order valence-electron chi connectivity index (χ1n) is 6.69. The van der Waals surface area contributed by atoms with Gasteiger partial charge in [-0.3, -0.25) is 9.59 Å². The number of hydrogen-bond acceptors (Lipinski definition) is 2. The summed E-state index contributed by atoms with van der Waals surface area (Å²) in [4.78, 5) is 24.6. The van der Waals surface area contributed by atoms with Crippen LogP contribution in [0, 0.1) is 0 Å². The Morgan fingerprint density at radius 1 is 1.37 bits per heavy atom. The van der Waals surface area contributed by atoms with E-state index in [9.17, 15) is 9.59 Å². The average molecular weight is 261 g/mol. The van der Waals surface area contributed by atoms with E-state index in [-0.39, 0.29) is 24.3 Å². The number of likely N-dealkylation sites (tertiary alicyclic amines) is 1. The lowest BCUT2D eigenvalue weighted by Gasteiger charge is -2.27. The zero-order valence-corrected chi connectivity index (χ0v) is 11.1. The normalized spacial score (nSPS) is 22.8. The number of nitrogens with zero attached hydrogens (tertiary/aromatic N) is 1. The first kappa shape index (κ1) is 13.6. The lowest BCUT2D eigenvalue weighted by Crippen LogP contribution is -2.35. The number of carbonyl (C=O) groups is 2. The van der Waals surface area contributed by atoms with Crippen molar-refractivity contribution < 1.29 is 14.7 Å². The summed E-state index contributed by atoms with van der Waals surface area (Å²) in [6, 6.07) is 9.92. The van der Waals surface area contributed by atoms with Gasteiger partial charge in [-0.15, -0.1) is 0 Å². The van der Waals surface area contributed by atoms with Crippen LogP contribution in [0.4, 0.5) is 0 Å². The molecule has 102 valence electrons. The predicted molar refractivity (Wildman–Crippen MR) is 71.8 cm³/mol. The van der Waals surface area contributed by atoms with E-state index in [1.807, 2.05) is 42.2 Å². The van der Waals surface area contributed by atoms with Crippen molar-refractivity contribution >= 4 is 11.9 Å². The largest absolute Gasteiger partial charge is 0.481 e. The smallest absolute Gasteiger partial charge is 0.303 e. The van der Waals surface area contributed by atoms with E-state index in [1.54, 1.807) is 0 Å². The van der Waals surface area contributed by atoms with Crippen molar-refractivity contribution in [1.82, 2.24) is 4.90 Å². The number of aliphatic carboxylic acids is 1. The van der Waals surface area contributed by atoms with Gasteiger partial charge >= 0.3 is 5.97 Å². The second-order valence-electron chi connectivity index (χ2n) is 4.90. The van der Waals surface area contributed by atoms with Gasteiger partial charge in [-0.05, 0) is 18.9 Å². The Morgan fingerprint density at radius 2 is 2.05 bits per heavy atom. The van der Waals surface area contributed by atoms with Crippen LogP contribution < -0.4 is 0 Å². The molecule has 1 aromatic carbocycles. The predicted octanol–water partition coefficient (Wildman–Crippen LogP) is 2.26. The minimum absolute atomic E-state index is 0.0102.